The summed E-state index contributed by atoms with van der Waals surface area (Å²) < 4.78 is 0. The van der Waals surface area contributed by atoms with Crippen LogP contribution in [0.1, 0.15) is 24.9 Å². The van der Waals surface area contributed by atoms with Crippen molar-refractivity contribution < 1.29 is 14.5 Å². The maximum Gasteiger partial charge on any atom is 0.269 e. The smallest absolute Gasteiger partial charge is 0.269 e. The minimum Gasteiger partial charge on any atom is -0.355 e. The zero-order valence-corrected chi connectivity index (χ0v) is 11.5. The van der Waals surface area contributed by atoms with E-state index in [2.05, 4.69) is 5.32 Å². The highest BCUT2D eigenvalue weighted by Gasteiger charge is 2.36. The van der Waals surface area contributed by atoms with Crippen molar-refractivity contribution in [1.29, 1.82) is 0 Å². The number of hydrogen-bond donors (Lipinski definition) is 2. The Morgan fingerprint density at radius 1 is 1.52 bits per heavy atom. The predicted molar refractivity (Wildman–Crippen MR) is 75.7 cm³/mol. The summed E-state index contributed by atoms with van der Waals surface area (Å²) in [7, 11) is 0. The van der Waals surface area contributed by atoms with E-state index in [0.717, 1.165) is 6.42 Å². The van der Waals surface area contributed by atoms with Gasteiger partial charge in [0.05, 0.1) is 10.6 Å². The maximum absolute atomic E-state index is 12.1. The van der Waals surface area contributed by atoms with E-state index < -0.39 is 16.9 Å². The van der Waals surface area contributed by atoms with Crippen LogP contribution in [-0.4, -0.2) is 29.8 Å². The van der Waals surface area contributed by atoms with Gasteiger partial charge in [0.25, 0.3) is 5.69 Å². The molecule has 1 aromatic rings. The van der Waals surface area contributed by atoms with Crippen LogP contribution >= 0.6 is 0 Å². The number of carbonyl (C=O) groups is 2. The van der Waals surface area contributed by atoms with E-state index in [1.54, 1.807) is 0 Å². The molecule has 2 rings (SSSR count). The number of rotatable bonds is 5. The molecule has 8 nitrogen and oxygen atoms in total. The fourth-order valence-electron chi connectivity index (χ4n) is 2.20. The molecule has 0 spiro atoms. The van der Waals surface area contributed by atoms with Crippen molar-refractivity contribution in [2.24, 2.45) is 5.73 Å². The highest BCUT2D eigenvalue weighted by molar-refractivity contribution is 6.07. The van der Waals surface area contributed by atoms with Gasteiger partial charge in [-0.25, -0.2) is 0 Å². The number of non-ortho nitro benzene ring substituents is 1. The molecule has 1 aliphatic heterocycles. The van der Waals surface area contributed by atoms with E-state index in [0.29, 0.717) is 17.8 Å². The molecule has 0 saturated carbocycles. The summed E-state index contributed by atoms with van der Waals surface area (Å²) in [4.78, 5) is 35.3. The van der Waals surface area contributed by atoms with Crippen LogP contribution in [0.15, 0.2) is 18.2 Å². The molecule has 1 aromatic carbocycles. The van der Waals surface area contributed by atoms with E-state index in [-0.39, 0.29) is 18.1 Å². The molecular weight excluding hydrogens is 276 g/mol. The van der Waals surface area contributed by atoms with E-state index in [1.165, 1.54) is 23.1 Å². The number of benzene rings is 1. The SMILES string of the molecule is CCCNC(=O)CN1C(=O)C(N)c2cc([N+](=O)[O-])ccc21. The van der Waals surface area contributed by atoms with Gasteiger partial charge in [-0.2, -0.15) is 0 Å². The van der Waals surface area contributed by atoms with Crippen LogP contribution in [0.3, 0.4) is 0 Å². The van der Waals surface area contributed by atoms with Gasteiger partial charge >= 0.3 is 0 Å². The Hall–Kier alpha value is -2.48. The lowest BCUT2D eigenvalue weighted by molar-refractivity contribution is -0.384. The Bertz CT molecular complexity index is 602. The molecule has 0 saturated heterocycles. The molecule has 3 N–H and O–H groups in total. The van der Waals surface area contributed by atoms with Crippen LogP contribution in [-0.2, 0) is 9.59 Å². The molecule has 21 heavy (non-hydrogen) atoms. The third-order valence-corrected chi connectivity index (χ3v) is 3.25. The van der Waals surface area contributed by atoms with Gasteiger partial charge < -0.3 is 16.0 Å². The molecule has 1 aliphatic rings. The number of fused-ring (bicyclic) bond motifs is 1. The fourth-order valence-corrected chi connectivity index (χ4v) is 2.20. The second-order valence-electron chi connectivity index (χ2n) is 4.75. The Labute approximate surface area is 121 Å². The maximum atomic E-state index is 12.1. The predicted octanol–water partition coefficient (Wildman–Crippen LogP) is 0.467. The summed E-state index contributed by atoms with van der Waals surface area (Å²) in [6.07, 6.45) is 0.794. The third kappa shape index (κ3) is 2.84. The van der Waals surface area contributed by atoms with Crippen molar-refractivity contribution >= 4 is 23.2 Å². The number of nitro benzene ring substituents is 1. The average Bonchev–Trinajstić information content (AvgIpc) is 2.70. The van der Waals surface area contributed by atoms with Crippen molar-refractivity contribution in [2.75, 3.05) is 18.0 Å². The van der Waals surface area contributed by atoms with E-state index in [9.17, 15) is 19.7 Å². The van der Waals surface area contributed by atoms with E-state index >= 15 is 0 Å². The molecular formula is C13H16N4O4. The Morgan fingerprint density at radius 3 is 2.86 bits per heavy atom. The minimum absolute atomic E-state index is 0.130. The van der Waals surface area contributed by atoms with E-state index in [1.807, 2.05) is 6.92 Å². The number of hydrogen-bond acceptors (Lipinski definition) is 5. The lowest BCUT2D eigenvalue weighted by Crippen LogP contribution is -2.40. The van der Waals surface area contributed by atoms with Crippen molar-refractivity contribution in [3.05, 3.63) is 33.9 Å². The van der Waals surface area contributed by atoms with Gasteiger partial charge in [0.15, 0.2) is 0 Å². The Morgan fingerprint density at radius 2 is 2.24 bits per heavy atom. The highest BCUT2D eigenvalue weighted by Crippen LogP contribution is 2.36. The monoisotopic (exact) mass is 292 g/mol. The largest absolute Gasteiger partial charge is 0.355 e. The molecule has 0 aliphatic carbocycles. The number of nitrogens with two attached hydrogens (primary N) is 1. The summed E-state index contributed by atoms with van der Waals surface area (Å²) in [5.41, 5.74) is 6.47. The van der Waals surface area contributed by atoms with Gasteiger partial charge in [-0.3, -0.25) is 19.7 Å². The fraction of sp³-hybridized carbons (Fsp3) is 0.385. The van der Waals surface area contributed by atoms with Crippen molar-refractivity contribution in [3.63, 3.8) is 0 Å². The molecule has 1 heterocycles. The number of nitrogens with zero attached hydrogens (tertiary/aromatic N) is 2. The first-order chi connectivity index (χ1) is 9.95. The van der Waals surface area contributed by atoms with Crippen LogP contribution in [0.4, 0.5) is 11.4 Å². The molecule has 0 bridgehead atoms. The van der Waals surface area contributed by atoms with Crippen molar-refractivity contribution in [3.8, 4) is 0 Å². The third-order valence-electron chi connectivity index (χ3n) is 3.25. The number of anilines is 1. The summed E-state index contributed by atoms with van der Waals surface area (Å²) in [6.45, 7) is 2.31. The zero-order valence-electron chi connectivity index (χ0n) is 11.5. The molecule has 8 heteroatoms. The van der Waals surface area contributed by atoms with Gasteiger partial charge in [0.1, 0.15) is 12.6 Å². The number of amides is 2. The van der Waals surface area contributed by atoms with Gasteiger partial charge in [-0.1, -0.05) is 6.92 Å². The van der Waals surface area contributed by atoms with Gasteiger partial charge in [-0.15, -0.1) is 0 Å². The second-order valence-corrected chi connectivity index (χ2v) is 4.75. The first-order valence-electron chi connectivity index (χ1n) is 6.57. The number of nitrogens with one attached hydrogen (secondary N) is 1. The molecule has 0 fully saturated rings. The number of nitro groups is 1. The van der Waals surface area contributed by atoms with Gasteiger partial charge in [0.2, 0.25) is 11.8 Å². The molecule has 1 atom stereocenters. The molecule has 112 valence electrons. The molecule has 0 aromatic heterocycles. The topological polar surface area (TPSA) is 119 Å². The lowest BCUT2D eigenvalue weighted by atomic mass is 10.1. The summed E-state index contributed by atoms with van der Waals surface area (Å²) >= 11 is 0. The first kappa shape index (κ1) is 14.9. The van der Waals surface area contributed by atoms with Gasteiger partial charge in [-0.05, 0) is 12.5 Å². The first-order valence-corrected chi connectivity index (χ1v) is 6.57. The van der Waals surface area contributed by atoms with Gasteiger partial charge in [0, 0.05) is 24.2 Å². The summed E-state index contributed by atoms with van der Waals surface area (Å²) in [6, 6.07) is 3.05. The van der Waals surface area contributed by atoms with Crippen LogP contribution in [0, 0.1) is 10.1 Å². The standard InChI is InChI=1S/C13H16N4O4/c1-2-5-15-11(18)7-16-10-4-3-8(17(20)21)6-9(10)12(14)13(16)19/h3-4,6,12H,2,5,7,14H2,1H3,(H,15,18). The lowest BCUT2D eigenvalue weighted by Gasteiger charge is -2.16. The zero-order chi connectivity index (χ0) is 15.6. The van der Waals surface area contributed by atoms with Crippen LogP contribution in [0.25, 0.3) is 0 Å². The average molecular weight is 292 g/mol. The molecule has 1 unspecified atom stereocenters. The Balaban J connectivity index is 2.25. The Kier molecular flexibility index (Phi) is 4.18. The quantitative estimate of drug-likeness (QED) is 0.604. The minimum atomic E-state index is -0.973. The van der Waals surface area contributed by atoms with Crippen LogP contribution in [0.5, 0.6) is 0 Å². The molecule has 0 radical (unpaired) electrons. The van der Waals surface area contributed by atoms with Crippen LogP contribution in [0.2, 0.25) is 0 Å². The number of carbonyl (C=O) groups excluding carboxylic acids is 2. The van der Waals surface area contributed by atoms with E-state index in [4.69, 9.17) is 5.73 Å². The van der Waals surface area contributed by atoms with Crippen molar-refractivity contribution in [1.82, 2.24) is 5.32 Å². The summed E-state index contributed by atoms with van der Waals surface area (Å²) in [5.74, 6) is -0.722. The van der Waals surface area contributed by atoms with Crippen molar-refractivity contribution in [2.45, 2.75) is 19.4 Å². The molecule has 2 amide bonds. The normalized spacial score (nSPS) is 16.8. The summed E-state index contributed by atoms with van der Waals surface area (Å²) in [5, 5.41) is 13.4. The highest BCUT2D eigenvalue weighted by atomic mass is 16.6. The van der Waals surface area contributed by atoms with Crippen LogP contribution < -0.4 is 16.0 Å². The second kappa shape index (κ2) is 5.88.